The molecule has 0 aromatic heterocycles. The highest BCUT2D eigenvalue weighted by atomic mass is 16.5. The van der Waals surface area contributed by atoms with E-state index in [0.717, 1.165) is 11.3 Å². The van der Waals surface area contributed by atoms with Crippen molar-refractivity contribution in [1.82, 2.24) is 5.43 Å². The van der Waals surface area contributed by atoms with Gasteiger partial charge in [-0.25, -0.2) is 0 Å². The minimum Gasteiger partial charge on any atom is -0.494 e. The number of ether oxygens (including phenoxy) is 1. The molecule has 0 amide bonds. The fraction of sp³-hybridized carbons (Fsp3) is 0.538. The molecule has 0 aliphatic heterocycles. The van der Waals surface area contributed by atoms with Gasteiger partial charge < -0.3 is 4.74 Å². The summed E-state index contributed by atoms with van der Waals surface area (Å²) in [4.78, 5) is 0. The predicted octanol–water partition coefficient (Wildman–Crippen LogP) is 2.64. The van der Waals surface area contributed by atoms with Crippen molar-refractivity contribution in [3.8, 4) is 5.75 Å². The second-order valence-corrected chi connectivity index (χ2v) is 4.94. The van der Waals surface area contributed by atoms with Crippen LogP contribution in [0.25, 0.3) is 0 Å². The summed E-state index contributed by atoms with van der Waals surface area (Å²) in [5.41, 5.74) is 4.03. The number of hydrogen-bond donors (Lipinski definition) is 2. The molecule has 0 aliphatic carbocycles. The van der Waals surface area contributed by atoms with Crippen LogP contribution in [0.3, 0.4) is 0 Å². The maximum atomic E-state index is 5.65. The summed E-state index contributed by atoms with van der Waals surface area (Å²) in [5, 5.41) is 0. The van der Waals surface area contributed by atoms with Crippen LogP contribution < -0.4 is 16.0 Å². The van der Waals surface area contributed by atoms with Gasteiger partial charge in [0.2, 0.25) is 0 Å². The summed E-state index contributed by atoms with van der Waals surface area (Å²) in [5.74, 6) is 6.56. The molecule has 3 N–H and O–H groups in total. The minimum absolute atomic E-state index is 0.0436. The van der Waals surface area contributed by atoms with Crippen molar-refractivity contribution in [1.29, 1.82) is 0 Å². The van der Waals surface area contributed by atoms with Crippen molar-refractivity contribution >= 4 is 0 Å². The lowest BCUT2D eigenvalue weighted by Crippen LogP contribution is -2.37. The first-order chi connectivity index (χ1) is 7.50. The summed E-state index contributed by atoms with van der Waals surface area (Å²) < 4.78 is 5.62. The van der Waals surface area contributed by atoms with Gasteiger partial charge >= 0.3 is 0 Å². The molecule has 0 spiro atoms. The molecule has 1 rings (SSSR count). The van der Waals surface area contributed by atoms with E-state index < -0.39 is 0 Å². The number of para-hydroxylation sites is 1. The molecule has 3 nitrogen and oxygen atoms in total. The lowest BCUT2D eigenvalue weighted by Gasteiger charge is -2.31. The maximum Gasteiger partial charge on any atom is 0.124 e. The Kier molecular flexibility index (Phi) is 4.33. The van der Waals surface area contributed by atoms with Gasteiger partial charge in [0, 0.05) is 5.56 Å². The topological polar surface area (TPSA) is 47.3 Å². The molecule has 3 heteroatoms. The Morgan fingerprint density at radius 2 is 1.94 bits per heavy atom. The molecule has 0 bridgehead atoms. The van der Waals surface area contributed by atoms with Crippen LogP contribution in [0.4, 0.5) is 0 Å². The number of nitrogens with two attached hydrogens (primary N) is 1. The molecular formula is C13H22N2O. The number of benzene rings is 1. The molecule has 1 aromatic carbocycles. The molecule has 1 atom stereocenters. The van der Waals surface area contributed by atoms with Crippen LogP contribution in [-0.4, -0.2) is 6.61 Å². The van der Waals surface area contributed by atoms with E-state index in [1.807, 2.05) is 25.1 Å². The average molecular weight is 222 g/mol. The Bertz CT molecular complexity index is 331. The Labute approximate surface area is 98.0 Å². The Hall–Kier alpha value is -1.06. The number of nitrogens with one attached hydrogen (secondary N) is 1. The van der Waals surface area contributed by atoms with Crippen LogP contribution in [0.5, 0.6) is 5.75 Å². The minimum atomic E-state index is 0.0436. The van der Waals surface area contributed by atoms with Gasteiger partial charge in [0.1, 0.15) is 5.75 Å². The lowest BCUT2D eigenvalue weighted by atomic mass is 9.82. The molecular weight excluding hydrogens is 200 g/mol. The first-order valence-corrected chi connectivity index (χ1v) is 5.68. The van der Waals surface area contributed by atoms with E-state index in [4.69, 9.17) is 10.6 Å². The number of hydrogen-bond acceptors (Lipinski definition) is 3. The maximum absolute atomic E-state index is 5.65. The van der Waals surface area contributed by atoms with E-state index in [-0.39, 0.29) is 11.5 Å². The highest BCUT2D eigenvalue weighted by Gasteiger charge is 2.27. The van der Waals surface area contributed by atoms with E-state index in [9.17, 15) is 0 Å². The number of rotatable bonds is 4. The van der Waals surface area contributed by atoms with Crippen molar-refractivity contribution in [2.24, 2.45) is 11.3 Å². The lowest BCUT2D eigenvalue weighted by molar-refractivity contribution is 0.260. The molecule has 0 radical (unpaired) electrons. The van der Waals surface area contributed by atoms with Crippen molar-refractivity contribution in [2.75, 3.05) is 6.61 Å². The highest BCUT2D eigenvalue weighted by Crippen LogP contribution is 2.36. The van der Waals surface area contributed by atoms with E-state index in [0.29, 0.717) is 6.61 Å². The average Bonchev–Trinajstić information content (AvgIpc) is 2.20. The SMILES string of the molecule is CCOc1ccccc1C(NN)C(C)(C)C. The van der Waals surface area contributed by atoms with Gasteiger partial charge in [-0.1, -0.05) is 39.0 Å². The van der Waals surface area contributed by atoms with Crippen molar-refractivity contribution < 1.29 is 4.74 Å². The smallest absolute Gasteiger partial charge is 0.124 e. The van der Waals surface area contributed by atoms with E-state index in [2.05, 4.69) is 32.3 Å². The number of hydrazine groups is 1. The normalized spacial score (nSPS) is 13.6. The third kappa shape index (κ3) is 2.97. The van der Waals surface area contributed by atoms with Crippen LogP contribution in [0.2, 0.25) is 0 Å². The quantitative estimate of drug-likeness (QED) is 0.608. The van der Waals surface area contributed by atoms with Crippen LogP contribution >= 0.6 is 0 Å². The second-order valence-electron chi connectivity index (χ2n) is 4.94. The molecule has 1 unspecified atom stereocenters. The second kappa shape index (κ2) is 5.32. The molecule has 1 aromatic rings. The van der Waals surface area contributed by atoms with Gasteiger partial charge in [-0.15, -0.1) is 0 Å². The van der Waals surface area contributed by atoms with Gasteiger partial charge in [-0.2, -0.15) is 0 Å². The van der Waals surface area contributed by atoms with Crippen LogP contribution in [-0.2, 0) is 0 Å². The van der Waals surface area contributed by atoms with Gasteiger partial charge in [0.05, 0.1) is 12.6 Å². The monoisotopic (exact) mass is 222 g/mol. The Morgan fingerprint density at radius 1 is 1.31 bits per heavy atom. The summed E-state index contributed by atoms with van der Waals surface area (Å²) in [6.07, 6.45) is 0. The molecule has 0 fully saturated rings. The Balaban J connectivity index is 3.09. The first-order valence-electron chi connectivity index (χ1n) is 5.68. The van der Waals surface area contributed by atoms with Gasteiger partial charge in [0.15, 0.2) is 0 Å². The van der Waals surface area contributed by atoms with Gasteiger partial charge in [-0.05, 0) is 18.4 Å². The fourth-order valence-electron chi connectivity index (χ4n) is 1.81. The van der Waals surface area contributed by atoms with Crippen molar-refractivity contribution in [3.63, 3.8) is 0 Å². The van der Waals surface area contributed by atoms with E-state index in [1.165, 1.54) is 0 Å². The molecule has 0 aliphatic rings. The zero-order valence-corrected chi connectivity index (χ0v) is 10.6. The standard InChI is InChI=1S/C13H22N2O/c1-5-16-11-9-7-6-8-10(11)12(15-14)13(2,3)4/h6-9,12,15H,5,14H2,1-4H3. The van der Waals surface area contributed by atoms with Crippen molar-refractivity contribution in [3.05, 3.63) is 29.8 Å². The molecule has 0 saturated carbocycles. The summed E-state index contributed by atoms with van der Waals surface area (Å²) in [6, 6.07) is 8.10. The zero-order chi connectivity index (χ0) is 12.2. The van der Waals surface area contributed by atoms with Crippen LogP contribution in [0, 0.1) is 5.41 Å². The highest BCUT2D eigenvalue weighted by molar-refractivity contribution is 5.36. The van der Waals surface area contributed by atoms with Crippen LogP contribution in [0.1, 0.15) is 39.3 Å². The third-order valence-electron chi connectivity index (χ3n) is 2.56. The molecule has 0 saturated heterocycles. The Morgan fingerprint density at radius 3 is 2.44 bits per heavy atom. The molecule has 0 heterocycles. The third-order valence-corrected chi connectivity index (χ3v) is 2.56. The predicted molar refractivity (Wildman–Crippen MR) is 67.1 cm³/mol. The molecule has 16 heavy (non-hydrogen) atoms. The van der Waals surface area contributed by atoms with Crippen LogP contribution in [0.15, 0.2) is 24.3 Å². The molecule has 90 valence electrons. The largest absolute Gasteiger partial charge is 0.494 e. The zero-order valence-electron chi connectivity index (χ0n) is 10.6. The summed E-state index contributed by atoms with van der Waals surface area (Å²) in [7, 11) is 0. The van der Waals surface area contributed by atoms with E-state index in [1.54, 1.807) is 0 Å². The van der Waals surface area contributed by atoms with E-state index >= 15 is 0 Å². The first kappa shape index (κ1) is 13.0. The summed E-state index contributed by atoms with van der Waals surface area (Å²) in [6.45, 7) is 9.11. The van der Waals surface area contributed by atoms with Crippen molar-refractivity contribution in [2.45, 2.75) is 33.7 Å². The fourth-order valence-corrected chi connectivity index (χ4v) is 1.81. The summed E-state index contributed by atoms with van der Waals surface area (Å²) >= 11 is 0. The van der Waals surface area contributed by atoms with Gasteiger partial charge in [0.25, 0.3) is 0 Å². The van der Waals surface area contributed by atoms with Gasteiger partial charge in [-0.3, -0.25) is 11.3 Å².